The predicted octanol–water partition coefficient (Wildman–Crippen LogP) is 3.19. The van der Waals surface area contributed by atoms with Gasteiger partial charge in [0.1, 0.15) is 5.54 Å². The van der Waals surface area contributed by atoms with Crippen molar-refractivity contribution in [3.05, 3.63) is 71.3 Å². The van der Waals surface area contributed by atoms with E-state index in [1.165, 1.54) is 0 Å². The van der Waals surface area contributed by atoms with E-state index in [4.69, 9.17) is 0 Å². The molecule has 0 spiro atoms. The number of urea groups is 1. The van der Waals surface area contributed by atoms with Crippen molar-refractivity contribution in [1.29, 1.82) is 0 Å². The van der Waals surface area contributed by atoms with E-state index in [2.05, 4.69) is 10.4 Å². The number of rotatable bonds is 4. The Morgan fingerprint density at radius 1 is 1.08 bits per heavy atom. The number of hydrogen-bond donors (Lipinski definition) is 1. The molecule has 1 heterocycles. The van der Waals surface area contributed by atoms with Gasteiger partial charge in [0.25, 0.3) is 5.91 Å². The highest BCUT2D eigenvalue weighted by molar-refractivity contribution is 6.07. The van der Waals surface area contributed by atoms with Crippen LogP contribution in [0.25, 0.3) is 0 Å². The number of hydrogen-bond acceptors (Lipinski definition) is 3. The first kappa shape index (κ1) is 15.9. The van der Waals surface area contributed by atoms with Gasteiger partial charge >= 0.3 is 6.03 Å². The monoisotopic (exact) mass is 321 g/mol. The molecule has 1 saturated heterocycles. The molecule has 3 rings (SSSR count). The fourth-order valence-corrected chi connectivity index (χ4v) is 2.88. The first-order valence-corrected chi connectivity index (χ1v) is 7.90. The fourth-order valence-electron chi connectivity index (χ4n) is 2.88. The van der Waals surface area contributed by atoms with Gasteiger partial charge in [-0.25, -0.2) is 4.79 Å². The fraction of sp³-hybridized carbons (Fsp3) is 0.211. The summed E-state index contributed by atoms with van der Waals surface area (Å²) in [6.45, 7) is 3.83. The third-order valence-electron chi connectivity index (χ3n) is 4.37. The lowest BCUT2D eigenvalue weighted by Gasteiger charge is -2.24. The van der Waals surface area contributed by atoms with E-state index < -0.39 is 11.6 Å². The Morgan fingerprint density at radius 3 is 2.42 bits per heavy atom. The van der Waals surface area contributed by atoms with Crippen molar-refractivity contribution < 1.29 is 9.59 Å². The summed E-state index contributed by atoms with van der Waals surface area (Å²) in [5, 5.41) is 7.86. The summed E-state index contributed by atoms with van der Waals surface area (Å²) in [5.74, 6) is -0.356. The van der Waals surface area contributed by atoms with Crippen molar-refractivity contribution in [3.8, 4) is 0 Å². The molecule has 5 heteroatoms. The molecule has 0 unspecified atom stereocenters. The zero-order chi connectivity index (χ0) is 17.2. The first-order chi connectivity index (χ1) is 11.6. The van der Waals surface area contributed by atoms with Gasteiger partial charge < -0.3 is 5.32 Å². The standard InChI is InChI=1S/C19H19N3O2/c1-3-19(16-11-5-4-6-12-16)17(23)22(18(24)21-19)20-13-15-10-8-7-9-14(15)2/h4-13H,3H2,1-2H3,(H,21,24)/b20-13-/t19-/m1/s1. The summed E-state index contributed by atoms with van der Waals surface area (Å²) in [6.07, 6.45) is 2.00. The van der Waals surface area contributed by atoms with E-state index in [0.717, 1.165) is 21.7 Å². The van der Waals surface area contributed by atoms with E-state index in [-0.39, 0.29) is 5.91 Å². The lowest BCUT2D eigenvalue weighted by Crippen LogP contribution is -2.43. The normalized spacial score (nSPS) is 20.7. The SMILES string of the molecule is CC[C@]1(c2ccccc2)NC(=O)N(/N=C\c2ccccc2C)C1=O. The van der Waals surface area contributed by atoms with Crippen LogP contribution in [-0.2, 0) is 10.3 Å². The summed E-state index contributed by atoms with van der Waals surface area (Å²) in [5.41, 5.74) is 1.60. The van der Waals surface area contributed by atoms with Crippen LogP contribution >= 0.6 is 0 Å². The maximum Gasteiger partial charge on any atom is 0.346 e. The summed E-state index contributed by atoms with van der Waals surface area (Å²) < 4.78 is 0. The second-order valence-electron chi connectivity index (χ2n) is 5.77. The minimum absolute atomic E-state index is 0.356. The molecule has 24 heavy (non-hydrogen) atoms. The van der Waals surface area contributed by atoms with Gasteiger partial charge in [-0.2, -0.15) is 5.10 Å². The van der Waals surface area contributed by atoms with E-state index in [9.17, 15) is 9.59 Å². The molecular formula is C19H19N3O2. The van der Waals surface area contributed by atoms with Crippen LogP contribution < -0.4 is 5.32 Å². The number of carbonyl (C=O) groups excluding carboxylic acids is 2. The molecule has 1 aliphatic heterocycles. The first-order valence-electron chi connectivity index (χ1n) is 7.90. The summed E-state index contributed by atoms with van der Waals surface area (Å²) in [7, 11) is 0. The van der Waals surface area contributed by atoms with Crippen molar-refractivity contribution in [2.45, 2.75) is 25.8 Å². The van der Waals surface area contributed by atoms with E-state index in [0.29, 0.717) is 6.42 Å². The average Bonchev–Trinajstić information content (AvgIpc) is 2.86. The van der Waals surface area contributed by atoms with Crippen molar-refractivity contribution in [1.82, 2.24) is 10.3 Å². The highest BCUT2D eigenvalue weighted by Crippen LogP contribution is 2.32. The molecule has 0 bridgehead atoms. The Kier molecular flexibility index (Phi) is 4.16. The zero-order valence-corrected chi connectivity index (χ0v) is 13.7. The minimum atomic E-state index is -1.05. The topological polar surface area (TPSA) is 61.8 Å². The van der Waals surface area contributed by atoms with Crippen molar-refractivity contribution >= 4 is 18.2 Å². The molecule has 0 aliphatic carbocycles. The second kappa shape index (κ2) is 6.28. The van der Waals surface area contributed by atoms with Crippen LogP contribution in [0.5, 0.6) is 0 Å². The van der Waals surface area contributed by atoms with Crippen LogP contribution in [0.3, 0.4) is 0 Å². The molecule has 1 N–H and O–H groups in total. The number of benzene rings is 2. The smallest absolute Gasteiger partial charge is 0.318 e. The Morgan fingerprint density at radius 2 is 1.75 bits per heavy atom. The molecule has 1 aliphatic rings. The van der Waals surface area contributed by atoms with Gasteiger partial charge in [0.2, 0.25) is 0 Å². The minimum Gasteiger partial charge on any atom is -0.318 e. The lowest BCUT2D eigenvalue weighted by molar-refractivity contribution is -0.131. The quantitative estimate of drug-likeness (QED) is 0.694. The van der Waals surface area contributed by atoms with Crippen molar-refractivity contribution in [2.24, 2.45) is 5.10 Å². The van der Waals surface area contributed by atoms with Gasteiger partial charge in [0, 0.05) is 0 Å². The zero-order valence-electron chi connectivity index (χ0n) is 13.7. The summed E-state index contributed by atoms with van der Waals surface area (Å²) >= 11 is 0. The molecule has 0 radical (unpaired) electrons. The molecule has 3 amide bonds. The lowest BCUT2D eigenvalue weighted by atomic mass is 9.87. The van der Waals surface area contributed by atoms with E-state index in [1.54, 1.807) is 6.21 Å². The van der Waals surface area contributed by atoms with Crippen LogP contribution in [0.4, 0.5) is 4.79 Å². The van der Waals surface area contributed by atoms with Crippen LogP contribution in [-0.4, -0.2) is 23.2 Å². The van der Waals surface area contributed by atoms with Crippen LogP contribution in [0.1, 0.15) is 30.0 Å². The molecule has 0 aromatic heterocycles. The number of aryl methyl sites for hydroxylation is 1. The Hall–Kier alpha value is -2.95. The molecule has 122 valence electrons. The molecule has 0 saturated carbocycles. The number of amides is 3. The number of nitrogens with one attached hydrogen (secondary N) is 1. The Bertz CT molecular complexity index is 801. The highest BCUT2D eigenvalue weighted by Gasteiger charge is 2.51. The highest BCUT2D eigenvalue weighted by atomic mass is 16.2. The average molecular weight is 321 g/mol. The molecule has 2 aromatic rings. The van der Waals surface area contributed by atoms with Gasteiger partial charge in [-0.05, 0) is 30.0 Å². The largest absolute Gasteiger partial charge is 0.346 e. The van der Waals surface area contributed by atoms with Gasteiger partial charge in [0.05, 0.1) is 6.21 Å². The van der Waals surface area contributed by atoms with Gasteiger partial charge in [-0.3, -0.25) is 4.79 Å². The Labute approximate surface area is 141 Å². The van der Waals surface area contributed by atoms with Gasteiger partial charge in [0.15, 0.2) is 0 Å². The van der Waals surface area contributed by atoms with Gasteiger partial charge in [-0.15, -0.1) is 5.01 Å². The predicted molar refractivity (Wildman–Crippen MR) is 92.6 cm³/mol. The maximum atomic E-state index is 12.9. The van der Waals surface area contributed by atoms with Gasteiger partial charge in [-0.1, -0.05) is 61.5 Å². The molecule has 2 aromatic carbocycles. The molecular weight excluding hydrogens is 302 g/mol. The number of nitrogens with zero attached hydrogens (tertiary/aromatic N) is 2. The van der Waals surface area contributed by atoms with Crippen molar-refractivity contribution in [3.63, 3.8) is 0 Å². The molecule has 1 fully saturated rings. The van der Waals surface area contributed by atoms with Crippen LogP contribution in [0.15, 0.2) is 59.7 Å². The Balaban J connectivity index is 1.93. The van der Waals surface area contributed by atoms with Crippen LogP contribution in [0.2, 0.25) is 0 Å². The number of hydrazone groups is 1. The van der Waals surface area contributed by atoms with Crippen molar-refractivity contribution in [2.75, 3.05) is 0 Å². The second-order valence-corrected chi connectivity index (χ2v) is 5.77. The maximum absolute atomic E-state index is 12.9. The summed E-state index contributed by atoms with van der Waals surface area (Å²) in [4.78, 5) is 25.2. The van der Waals surface area contributed by atoms with Crippen LogP contribution in [0, 0.1) is 6.92 Å². The third kappa shape index (κ3) is 2.58. The molecule has 5 nitrogen and oxygen atoms in total. The third-order valence-corrected chi connectivity index (χ3v) is 4.37. The summed E-state index contributed by atoms with van der Waals surface area (Å²) in [6, 6.07) is 16.4. The van der Waals surface area contributed by atoms with E-state index >= 15 is 0 Å². The molecule has 1 atom stereocenters. The number of imide groups is 1. The van der Waals surface area contributed by atoms with E-state index in [1.807, 2.05) is 68.4 Å². The number of carbonyl (C=O) groups is 2.